The minimum absolute atomic E-state index is 0.213. The topological polar surface area (TPSA) is 137 Å². The van der Waals surface area contributed by atoms with Crippen LogP contribution in [0.1, 0.15) is 240 Å². The van der Waals surface area contributed by atoms with Crippen LogP contribution >= 0.6 is 23.5 Å². The zero-order chi connectivity index (χ0) is 40.7. The number of rotatable bonds is 33. The van der Waals surface area contributed by atoms with Crippen LogP contribution in [0.15, 0.2) is 0 Å². The Kier molecular flexibility index (Phi) is 20.3. The summed E-state index contributed by atoms with van der Waals surface area (Å²) in [7, 11) is -19.6. The summed E-state index contributed by atoms with van der Waals surface area (Å²) in [4.78, 5) is 0. The molecule has 55 heavy (non-hydrogen) atoms. The highest BCUT2D eigenvalue weighted by Gasteiger charge is 2.94. The van der Waals surface area contributed by atoms with Crippen LogP contribution < -0.4 is 0 Å². The van der Waals surface area contributed by atoms with Gasteiger partial charge in [0.05, 0.1) is 0 Å². The lowest BCUT2D eigenvalue weighted by Crippen LogP contribution is -2.82. The minimum atomic E-state index is -4.92. The van der Waals surface area contributed by atoms with E-state index in [4.69, 9.17) is 0 Å². The average molecular weight is 891 g/mol. The van der Waals surface area contributed by atoms with Crippen molar-refractivity contribution in [3.8, 4) is 0 Å². The van der Waals surface area contributed by atoms with E-state index in [0.717, 1.165) is 84.0 Å². The van der Waals surface area contributed by atoms with Crippen molar-refractivity contribution in [2.45, 2.75) is 253 Å². The molecular weight excluding hydrogens is 813 g/mol. The van der Waals surface area contributed by atoms with Gasteiger partial charge in [0.1, 0.15) is 0 Å². The summed E-state index contributed by atoms with van der Waals surface area (Å²) < 4.78 is 109. The standard InChI is InChI=1S/C41H78O8S6/c1-5-8-11-14-17-20-23-26-29-32-35-39-50-38(4)52(42,43)40(54(39,46)47,36-33-30-27-24-21-18-15-12-9-6-2)51-41(53(38,44)45,55(39,48)49)37-34-31-28-25-22-19-16-13-10-7-3/h5-37H2,1-4H3/t38?,39?,40-,41+. The maximum atomic E-state index is 15.1. The van der Waals surface area contributed by atoms with Crippen LogP contribution in [0.5, 0.6) is 0 Å². The summed E-state index contributed by atoms with van der Waals surface area (Å²) in [6, 6.07) is 0. The molecule has 4 rings (SSSR count). The van der Waals surface area contributed by atoms with Crippen molar-refractivity contribution in [1.29, 1.82) is 0 Å². The zero-order valence-corrected chi connectivity index (χ0v) is 39.9. The van der Waals surface area contributed by atoms with Crippen molar-refractivity contribution in [3.05, 3.63) is 0 Å². The van der Waals surface area contributed by atoms with Crippen LogP contribution in [0.25, 0.3) is 0 Å². The van der Waals surface area contributed by atoms with E-state index >= 15 is 16.8 Å². The van der Waals surface area contributed by atoms with Gasteiger partial charge in [-0.1, -0.05) is 218 Å². The quantitative estimate of drug-likeness (QED) is 0.0586. The second-order valence-electron chi connectivity index (χ2n) is 16.9. The monoisotopic (exact) mass is 890 g/mol. The summed E-state index contributed by atoms with van der Waals surface area (Å²) in [6.07, 6.45) is 28.3. The van der Waals surface area contributed by atoms with E-state index in [1.165, 1.54) is 77.0 Å². The highest BCUT2D eigenvalue weighted by molar-refractivity contribution is 8.59. The van der Waals surface area contributed by atoms with E-state index in [1.807, 2.05) is 0 Å². The first-order chi connectivity index (χ1) is 26.1. The first kappa shape index (κ1) is 49.9. The highest BCUT2D eigenvalue weighted by Crippen LogP contribution is 2.80. The summed E-state index contributed by atoms with van der Waals surface area (Å²) in [5.74, 6) is 0. The molecule has 8 nitrogen and oxygen atoms in total. The summed E-state index contributed by atoms with van der Waals surface area (Å²) >= 11 is 0.492. The maximum Gasteiger partial charge on any atom is 0.225 e. The second-order valence-corrected chi connectivity index (χ2v) is 33.2. The Balaban J connectivity index is 1.86. The lowest BCUT2D eigenvalue weighted by Gasteiger charge is -2.64. The first-order valence-electron chi connectivity index (χ1n) is 22.5. The molecule has 0 radical (unpaired) electrons. The van der Waals surface area contributed by atoms with Crippen LogP contribution in [0.2, 0.25) is 0 Å². The Morgan fingerprint density at radius 1 is 0.291 bits per heavy atom. The average Bonchev–Trinajstić information content (AvgIpc) is 3.13. The van der Waals surface area contributed by atoms with Gasteiger partial charge in [-0.3, -0.25) is 0 Å². The molecule has 0 amide bonds. The molecule has 4 saturated heterocycles. The van der Waals surface area contributed by atoms with Crippen LogP contribution in [0.3, 0.4) is 0 Å². The fraction of sp³-hybridized carbons (Fsp3) is 1.00. The summed E-state index contributed by atoms with van der Waals surface area (Å²) in [6.45, 7) is 7.67. The molecule has 4 aliphatic heterocycles. The van der Waals surface area contributed by atoms with E-state index in [0.29, 0.717) is 19.3 Å². The Bertz CT molecular complexity index is 1440. The van der Waals surface area contributed by atoms with E-state index in [9.17, 15) is 16.8 Å². The molecule has 4 bridgehead atoms. The van der Waals surface area contributed by atoms with Gasteiger partial charge in [-0.05, 0) is 45.4 Å². The van der Waals surface area contributed by atoms with E-state index in [2.05, 4.69) is 20.8 Å². The number of sulfone groups is 4. The predicted molar refractivity (Wildman–Crippen MR) is 237 cm³/mol. The van der Waals surface area contributed by atoms with Crippen molar-refractivity contribution in [2.24, 2.45) is 0 Å². The highest BCUT2D eigenvalue weighted by atomic mass is 32.4. The Morgan fingerprint density at radius 3 is 0.727 bits per heavy atom. The van der Waals surface area contributed by atoms with Gasteiger partial charge in [0, 0.05) is 0 Å². The predicted octanol–water partition coefficient (Wildman–Crippen LogP) is 12.7. The molecule has 0 aromatic rings. The number of unbranched alkanes of at least 4 members (excludes halogenated alkanes) is 27. The van der Waals surface area contributed by atoms with Crippen molar-refractivity contribution < 1.29 is 33.7 Å². The lowest BCUT2D eigenvalue weighted by atomic mass is 10.1. The van der Waals surface area contributed by atoms with Crippen molar-refractivity contribution in [1.82, 2.24) is 0 Å². The third kappa shape index (κ3) is 9.85. The van der Waals surface area contributed by atoms with Gasteiger partial charge in [0.15, 0.2) is 0 Å². The van der Waals surface area contributed by atoms with Crippen molar-refractivity contribution in [3.63, 3.8) is 0 Å². The fourth-order valence-corrected chi connectivity index (χ4v) is 38.0. The Hall–Kier alpha value is 0.500. The van der Waals surface area contributed by atoms with E-state index in [-0.39, 0.29) is 62.0 Å². The Labute approximate surface area is 347 Å². The van der Waals surface area contributed by atoms with Crippen LogP contribution in [0.4, 0.5) is 0 Å². The minimum Gasteiger partial charge on any atom is -0.224 e. The third-order valence-electron chi connectivity index (χ3n) is 12.6. The molecule has 4 heterocycles. The molecule has 326 valence electrons. The molecule has 0 aromatic carbocycles. The molecule has 2 unspecified atom stereocenters. The third-order valence-corrected chi connectivity index (χ3v) is 35.1. The van der Waals surface area contributed by atoms with Crippen LogP contribution in [-0.2, 0) is 39.3 Å². The zero-order valence-electron chi connectivity index (χ0n) is 35.0. The smallest absolute Gasteiger partial charge is 0.224 e. The van der Waals surface area contributed by atoms with Gasteiger partial charge in [-0.15, -0.1) is 0 Å². The van der Waals surface area contributed by atoms with Gasteiger partial charge in [0.25, 0.3) is 0 Å². The number of hydrogen-bond acceptors (Lipinski definition) is 10. The normalized spacial score (nSPS) is 29.5. The summed E-state index contributed by atoms with van der Waals surface area (Å²) in [5, 5.41) is 0. The largest absolute Gasteiger partial charge is 0.225 e. The molecule has 0 N–H and O–H groups in total. The fourth-order valence-electron chi connectivity index (χ4n) is 9.02. The van der Waals surface area contributed by atoms with Gasteiger partial charge < -0.3 is 0 Å². The van der Waals surface area contributed by atoms with Crippen molar-refractivity contribution in [2.75, 3.05) is 0 Å². The lowest BCUT2D eigenvalue weighted by molar-refractivity contribution is 0.491. The molecule has 4 fully saturated rings. The van der Waals surface area contributed by atoms with Gasteiger partial charge in [-0.2, -0.15) is 0 Å². The van der Waals surface area contributed by atoms with Gasteiger partial charge in [-0.25, -0.2) is 33.7 Å². The van der Waals surface area contributed by atoms with Gasteiger partial charge in [0.2, 0.25) is 53.0 Å². The van der Waals surface area contributed by atoms with E-state index in [1.54, 1.807) is 0 Å². The van der Waals surface area contributed by atoms with Crippen LogP contribution in [0, 0.1) is 0 Å². The number of hydrogen-bond donors (Lipinski definition) is 0. The summed E-state index contributed by atoms with van der Waals surface area (Å²) in [5.41, 5.74) is 0. The molecular formula is C41H78O8S6. The molecule has 0 spiro atoms. The molecule has 14 heteroatoms. The number of thioether (sulfide) groups is 2. The molecule has 4 atom stereocenters. The molecule has 0 aromatic heterocycles. The SMILES string of the molecule is CCCCCCCCCCCCC12SC3(C)S(=O)(=O)[C@](CCCCCCCCCCCC)(S[C@](CCCCCCCCCCCC)(S3(=O)=O)S1(=O)=O)S2(=O)=O. The first-order valence-corrected chi connectivity index (χ1v) is 30.0. The maximum absolute atomic E-state index is 15.1. The van der Waals surface area contributed by atoms with Crippen LogP contribution in [-0.4, -0.2) is 47.3 Å². The Morgan fingerprint density at radius 2 is 0.491 bits per heavy atom. The van der Waals surface area contributed by atoms with E-state index < -0.39 is 53.0 Å². The molecule has 0 aliphatic carbocycles. The van der Waals surface area contributed by atoms with Crippen molar-refractivity contribution >= 4 is 62.9 Å². The van der Waals surface area contributed by atoms with Gasteiger partial charge >= 0.3 is 0 Å². The molecule has 0 saturated carbocycles. The second kappa shape index (κ2) is 22.4. The molecule has 4 aliphatic rings.